The third-order valence-corrected chi connectivity index (χ3v) is 6.61. The molecule has 3 atom stereocenters. The number of likely N-dealkylation sites (N-methyl/N-ethyl adjacent to an activating group) is 1. The Labute approximate surface area is 213 Å². The van der Waals surface area contributed by atoms with Crippen LogP contribution < -0.4 is 10.1 Å². The molecule has 0 bridgehead atoms. The highest BCUT2D eigenvalue weighted by atomic mass is 19.1. The number of benzene rings is 2. The number of halogens is 1. The number of ether oxygens (including phenoxy) is 2. The number of carbonyl (C=O) groups is 2. The highest BCUT2D eigenvalue weighted by Crippen LogP contribution is 2.27. The third-order valence-electron chi connectivity index (χ3n) is 6.61. The lowest BCUT2D eigenvalue weighted by Gasteiger charge is -2.36. The summed E-state index contributed by atoms with van der Waals surface area (Å²) in [5.74, 6) is 0.00836. The van der Waals surface area contributed by atoms with Crippen LogP contribution >= 0.6 is 0 Å². The predicted octanol–water partition coefficient (Wildman–Crippen LogP) is 4.57. The zero-order chi connectivity index (χ0) is 26.2. The number of anilines is 1. The van der Waals surface area contributed by atoms with E-state index < -0.39 is 0 Å². The van der Waals surface area contributed by atoms with Crippen LogP contribution in [0.5, 0.6) is 5.75 Å². The minimum absolute atomic E-state index is 0.0355. The first kappa shape index (κ1) is 27.6. The number of nitrogens with zero attached hydrogens (tertiary/aromatic N) is 2. The zero-order valence-electron chi connectivity index (χ0n) is 21.9. The molecule has 0 aromatic heterocycles. The Morgan fingerprint density at radius 1 is 1.19 bits per heavy atom. The maximum absolute atomic E-state index is 13.9. The number of carbonyl (C=O) groups excluding carboxylic acids is 2. The van der Waals surface area contributed by atoms with Crippen LogP contribution in [0.25, 0.3) is 0 Å². The molecule has 1 aliphatic heterocycles. The van der Waals surface area contributed by atoms with Crippen LogP contribution in [0.4, 0.5) is 10.1 Å². The van der Waals surface area contributed by atoms with E-state index in [4.69, 9.17) is 9.47 Å². The van der Waals surface area contributed by atoms with E-state index in [-0.39, 0.29) is 35.7 Å². The maximum atomic E-state index is 13.9. The van der Waals surface area contributed by atoms with Gasteiger partial charge < -0.3 is 19.7 Å². The number of hydrogen-bond donors (Lipinski definition) is 1. The van der Waals surface area contributed by atoms with Crippen LogP contribution in [0, 0.1) is 11.7 Å². The summed E-state index contributed by atoms with van der Waals surface area (Å²) in [6.45, 7) is 8.06. The minimum Gasteiger partial charge on any atom is -0.491 e. The van der Waals surface area contributed by atoms with Crippen molar-refractivity contribution in [3.8, 4) is 5.75 Å². The second-order valence-corrected chi connectivity index (χ2v) is 9.67. The molecule has 0 spiro atoms. The molecule has 196 valence electrons. The molecule has 0 saturated carbocycles. The van der Waals surface area contributed by atoms with Crippen LogP contribution in [0.1, 0.15) is 49.5 Å². The van der Waals surface area contributed by atoms with Crippen molar-refractivity contribution in [1.82, 2.24) is 9.80 Å². The fourth-order valence-electron chi connectivity index (χ4n) is 4.47. The van der Waals surface area contributed by atoms with Crippen molar-refractivity contribution in [2.75, 3.05) is 39.2 Å². The van der Waals surface area contributed by atoms with Gasteiger partial charge in [0.25, 0.3) is 5.91 Å². The molecule has 0 fully saturated rings. The Morgan fingerprint density at radius 2 is 1.97 bits per heavy atom. The van der Waals surface area contributed by atoms with Gasteiger partial charge in [0, 0.05) is 58.0 Å². The van der Waals surface area contributed by atoms with Crippen LogP contribution in [0.2, 0.25) is 0 Å². The van der Waals surface area contributed by atoms with Crippen LogP contribution in [0.3, 0.4) is 0 Å². The Balaban J connectivity index is 1.93. The molecule has 1 aliphatic rings. The Morgan fingerprint density at radius 3 is 2.67 bits per heavy atom. The molecule has 0 saturated heterocycles. The van der Waals surface area contributed by atoms with E-state index in [0.717, 1.165) is 12.0 Å². The van der Waals surface area contributed by atoms with Crippen molar-refractivity contribution in [3.05, 3.63) is 59.4 Å². The number of nitrogens with one attached hydrogen (secondary N) is 1. The fourth-order valence-corrected chi connectivity index (χ4v) is 4.47. The molecule has 1 heterocycles. The van der Waals surface area contributed by atoms with Crippen molar-refractivity contribution < 1.29 is 23.5 Å². The maximum Gasteiger partial charge on any atom is 0.257 e. The third kappa shape index (κ3) is 7.27. The van der Waals surface area contributed by atoms with Crippen LogP contribution in [-0.2, 0) is 16.1 Å². The van der Waals surface area contributed by atoms with Crippen molar-refractivity contribution in [2.24, 2.45) is 5.92 Å². The SMILES string of the molecule is CCCC(=O)Nc1ccc2c(c1)OC[C@@H](C)N(Cc1cccc(F)c1)C[C@@H](C)[C@@H](OC)CN(C)C2=O. The van der Waals surface area contributed by atoms with E-state index in [2.05, 4.69) is 24.1 Å². The molecule has 0 unspecified atom stereocenters. The number of methoxy groups -OCH3 is 1. The number of rotatable bonds is 6. The van der Waals surface area contributed by atoms with Crippen molar-refractivity contribution in [1.29, 1.82) is 0 Å². The molecule has 1 N–H and O–H groups in total. The quantitative estimate of drug-likeness (QED) is 0.631. The summed E-state index contributed by atoms with van der Waals surface area (Å²) in [5, 5.41) is 2.88. The predicted molar refractivity (Wildman–Crippen MR) is 139 cm³/mol. The lowest BCUT2D eigenvalue weighted by Crippen LogP contribution is -2.46. The van der Waals surface area contributed by atoms with Crippen molar-refractivity contribution >= 4 is 17.5 Å². The Hall–Kier alpha value is -2.97. The van der Waals surface area contributed by atoms with Crippen molar-refractivity contribution in [3.63, 3.8) is 0 Å². The minimum atomic E-state index is -0.264. The molecule has 36 heavy (non-hydrogen) atoms. The molecule has 8 heteroatoms. The largest absolute Gasteiger partial charge is 0.491 e. The molecular weight excluding hydrogens is 461 g/mol. The monoisotopic (exact) mass is 499 g/mol. The molecule has 3 rings (SSSR count). The Bertz CT molecular complexity index is 1050. The first-order valence-corrected chi connectivity index (χ1v) is 12.5. The summed E-state index contributed by atoms with van der Waals surface area (Å²) in [7, 11) is 3.41. The second kappa shape index (κ2) is 12.8. The van der Waals surface area contributed by atoms with E-state index in [9.17, 15) is 14.0 Å². The summed E-state index contributed by atoms with van der Waals surface area (Å²) in [6, 6.07) is 11.7. The van der Waals surface area contributed by atoms with Crippen molar-refractivity contribution in [2.45, 2.75) is 52.3 Å². The average Bonchev–Trinajstić information content (AvgIpc) is 2.84. The standard InChI is InChI=1S/C28H38FN3O4/c1-6-8-27(33)30-23-11-12-24-25(14-23)36-18-20(3)32(16-21-9-7-10-22(29)13-21)15-19(2)26(35-5)17-31(4)28(24)34/h7,9-14,19-20,26H,6,8,15-18H2,1-5H3,(H,30,33)/t19-,20-,26+/m1/s1. The summed E-state index contributed by atoms with van der Waals surface area (Å²) in [6.07, 6.45) is 0.980. The van der Waals surface area contributed by atoms with Gasteiger partial charge in [0.15, 0.2) is 0 Å². The lowest BCUT2D eigenvalue weighted by atomic mass is 10.0. The number of fused-ring (bicyclic) bond motifs is 1. The molecule has 2 aromatic rings. The highest BCUT2D eigenvalue weighted by molar-refractivity contribution is 5.98. The first-order valence-electron chi connectivity index (χ1n) is 12.5. The second-order valence-electron chi connectivity index (χ2n) is 9.67. The van der Waals surface area contributed by atoms with E-state index in [0.29, 0.717) is 49.7 Å². The molecule has 7 nitrogen and oxygen atoms in total. The van der Waals surface area contributed by atoms with Gasteiger partial charge >= 0.3 is 0 Å². The van der Waals surface area contributed by atoms with Gasteiger partial charge in [-0.2, -0.15) is 0 Å². The first-order chi connectivity index (χ1) is 17.2. The summed E-state index contributed by atoms with van der Waals surface area (Å²) >= 11 is 0. The summed E-state index contributed by atoms with van der Waals surface area (Å²) < 4.78 is 25.9. The topological polar surface area (TPSA) is 71.1 Å². The molecule has 2 amide bonds. The Kier molecular flexibility index (Phi) is 9.84. The van der Waals surface area contributed by atoms with Gasteiger partial charge in [-0.05, 0) is 49.1 Å². The van der Waals surface area contributed by atoms with Gasteiger partial charge in [0.05, 0.1) is 11.7 Å². The van der Waals surface area contributed by atoms with E-state index in [1.807, 2.05) is 13.0 Å². The van der Waals surface area contributed by atoms with E-state index in [1.54, 1.807) is 49.4 Å². The summed E-state index contributed by atoms with van der Waals surface area (Å²) in [5.41, 5.74) is 1.89. The van der Waals surface area contributed by atoms with Gasteiger partial charge in [0.1, 0.15) is 18.2 Å². The number of hydrogen-bond acceptors (Lipinski definition) is 5. The van der Waals surface area contributed by atoms with Gasteiger partial charge in [-0.1, -0.05) is 26.0 Å². The van der Waals surface area contributed by atoms with Gasteiger partial charge in [0.2, 0.25) is 5.91 Å². The van der Waals surface area contributed by atoms with Gasteiger partial charge in [-0.15, -0.1) is 0 Å². The normalized spacial score (nSPS) is 21.7. The fraction of sp³-hybridized carbons (Fsp3) is 0.500. The molecule has 2 aromatic carbocycles. The molecular formula is C28H38FN3O4. The van der Waals surface area contributed by atoms with E-state index in [1.165, 1.54) is 6.07 Å². The zero-order valence-corrected chi connectivity index (χ0v) is 21.9. The van der Waals surface area contributed by atoms with Gasteiger partial charge in [-0.3, -0.25) is 14.5 Å². The molecule has 0 aliphatic carbocycles. The number of amides is 2. The van der Waals surface area contributed by atoms with Crippen LogP contribution in [-0.4, -0.2) is 67.6 Å². The van der Waals surface area contributed by atoms with Crippen LogP contribution in [0.15, 0.2) is 42.5 Å². The van der Waals surface area contributed by atoms with Gasteiger partial charge in [-0.25, -0.2) is 4.39 Å². The highest BCUT2D eigenvalue weighted by Gasteiger charge is 2.28. The average molecular weight is 500 g/mol. The molecule has 0 radical (unpaired) electrons. The lowest BCUT2D eigenvalue weighted by molar-refractivity contribution is -0.116. The smallest absolute Gasteiger partial charge is 0.257 e. The van der Waals surface area contributed by atoms with E-state index >= 15 is 0 Å². The summed E-state index contributed by atoms with van der Waals surface area (Å²) in [4.78, 5) is 29.3.